The van der Waals surface area contributed by atoms with Gasteiger partial charge in [-0.1, -0.05) is 44.2 Å². The SMILES string of the molecule is CCC(C)c1ccc(S(=O)(=O)N2CCN(C(=O)CCNC(=O)c3ccccc3)CC2)cc1. The minimum Gasteiger partial charge on any atom is -0.352 e. The molecule has 1 N–H and O–H groups in total. The second-order valence-corrected chi connectivity index (χ2v) is 9.97. The highest BCUT2D eigenvalue weighted by Gasteiger charge is 2.30. The zero-order valence-electron chi connectivity index (χ0n) is 18.7. The molecular formula is C24H31N3O4S. The van der Waals surface area contributed by atoms with E-state index >= 15 is 0 Å². The topological polar surface area (TPSA) is 86.8 Å². The average Bonchev–Trinajstić information content (AvgIpc) is 2.84. The van der Waals surface area contributed by atoms with E-state index in [4.69, 9.17) is 0 Å². The van der Waals surface area contributed by atoms with Crippen LogP contribution in [0.5, 0.6) is 0 Å². The first-order chi connectivity index (χ1) is 15.3. The highest BCUT2D eigenvalue weighted by Crippen LogP contribution is 2.23. The van der Waals surface area contributed by atoms with E-state index in [0.717, 1.165) is 12.0 Å². The van der Waals surface area contributed by atoms with Gasteiger partial charge in [-0.3, -0.25) is 9.59 Å². The van der Waals surface area contributed by atoms with E-state index in [9.17, 15) is 18.0 Å². The Kier molecular flexibility index (Phi) is 8.04. The van der Waals surface area contributed by atoms with Crippen LogP contribution in [0.25, 0.3) is 0 Å². The van der Waals surface area contributed by atoms with Crippen molar-refractivity contribution < 1.29 is 18.0 Å². The number of piperazine rings is 1. The molecule has 2 aromatic rings. The van der Waals surface area contributed by atoms with E-state index in [1.807, 2.05) is 18.2 Å². The molecule has 0 saturated carbocycles. The van der Waals surface area contributed by atoms with Gasteiger partial charge in [0.1, 0.15) is 0 Å². The summed E-state index contributed by atoms with van der Waals surface area (Å²) in [5, 5.41) is 2.75. The van der Waals surface area contributed by atoms with Crippen LogP contribution in [0.4, 0.5) is 0 Å². The predicted octanol–water partition coefficient (Wildman–Crippen LogP) is 2.85. The van der Waals surface area contributed by atoms with Crippen LogP contribution in [-0.4, -0.2) is 62.2 Å². The first-order valence-electron chi connectivity index (χ1n) is 11.0. The fourth-order valence-corrected chi connectivity index (χ4v) is 5.09. The van der Waals surface area contributed by atoms with Gasteiger partial charge in [0.2, 0.25) is 15.9 Å². The molecule has 0 aliphatic carbocycles. The Morgan fingerprint density at radius 3 is 2.19 bits per heavy atom. The van der Waals surface area contributed by atoms with Crippen molar-refractivity contribution in [1.82, 2.24) is 14.5 Å². The molecule has 1 fully saturated rings. The first kappa shape index (κ1) is 23.9. The summed E-state index contributed by atoms with van der Waals surface area (Å²) in [5.74, 6) is 0.0840. The fourth-order valence-electron chi connectivity index (χ4n) is 3.66. The van der Waals surface area contributed by atoms with Crippen LogP contribution in [0.3, 0.4) is 0 Å². The zero-order chi connectivity index (χ0) is 23.1. The van der Waals surface area contributed by atoms with E-state index in [0.29, 0.717) is 24.6 Å². The molecule has 172 valence electrons. The Morgan fingerprint density at radius 1 is 0.969 bits per heavy atom. The highest BCUT2D eigenvalue weighted by molar-refractivity contribution is 7.89. The lowest BCUT2D eigenvalue weighted by molar-refractivity contribution is -0.132. The third kappa shape index (κ3) is 5.75. The van der Waals surface area contributed by atoms with Gasteiger partial charge in [0.15, 0.2) is 0 Å². The molecule has 1 atom stereocenters. The quantitative estimate of drug-likeness (QED) is 0.660. The Labute approximate surface area is 190 Å². The maximum absolute atomic E-state index is 13.0. The fraction of sp³-hybridized carbons (Fsp3) is 0.417. The number of nitrogens with one attached hydrogen (secondary N) is 1. The van der Waals surface area contributed by atoms with Crippen molar-refractivity contribution in [2.24, 2.45) is 0 Å². The summed E-state index contributed by atoms with van der Waals surface area (Å²) in [6, 6.07) is 15.9. The first-order valence-corrected chi connectivity index (χ1v) is 12.5. The minimum atomic E-state index is -3.58. The Bertz CT molecular complexity index is 1010. The van der Waals surface area contributed by atoms with Gasteiger partial charge in [0, 0.05) is 44.7 Å². The molecule has 0 radical (unpaired) electrons. The third-order valence-electron chi connectivity index (χ3n) is 5.95. The van der Waals surface area contributed by atoms with Gasteiger partial charge >= 0.3 is 0 Å². The van der Waals surface area contributed by atoms with Crippen molar-refractivity contribution in [3.8, 4) is 0 Å². The molecule has 2 aromatic carbocycles. The molecule has 0 bridgehead atoms. The average molecular weight is 458 g/mol. The van der Waals surface area contributed by atoms with Crippen LogP contribution in [-0.2, 0) is 14.8 Å². The van der Waals surface area contributed by atoms with Crippen molar-refractivity contribution in [2.75, 3.05) is 32.7 Å². The van der Waals surface area contributed by atoms with Gasteiger partial charge in [-0.05, 0) is 42.2 Å². The Balaban J connectivity index is 1.48. The summed E-state index contributed by atoms with van der Waals surface area (Å²) in [6.07, 6.45) is 1.18. The smallest absolute Gasteiger partial charge is 0.251 e. The normalized spacial score (nSPS) is 15.9. The largest absolute Gasteiger partial charge is 0.352 e. The van der Waals surface area contributed by atoms with Gasteiger partial charge in [0.25, 0.3) is 5.91 Å². The maximum Gasteiger partial charge on any atom is 0.251 e. The predicted molar refractivity (Wildman–Crippen MR) is 124 cm³/mol. The number of amides is 2. The zero-order valence-corrected chi connectivity index (χ0v) is 19.5. The lowest BCUT2D eigenvalue weighted by atomic mass is 9.99. The molecule has 7 nitrogen and oxygen atoms in total. The second-order valence-electron chi connectivity index (χ2n) is 8.04. The molecule has 1 saturated heterocycles. The molecule has 1 unspecified atom stereocenters. The molecule has 8 heteroatoms. The molecule has 2 amide bonds. The summed E-state index contributed by atoms with van der Waals surface area (Å²) in [4.78, 5) is 26.5. The van der Waals surface area contributed by atoms with Gasteiger partial charge in [-0.2, -0.15) is 4.31 Å². The maximum atomic E-state index is 13.0. The molecule has 32 heavy (non-hydrogen) atoms. The van der Waals surface area contributed by atoms with Crippen molar-refractivity contribution in [1.29, 1.82) is 0 Å². The number of sulfonamides is 1. The van der Waals surface area contributed by atoms with Crippen molar-refractivity contribution in [3.63, 3.8) is 0 Å². The Morgan fingerprint density at radius 2 is 1.59 bits per heavy atom. The number of carbonyl (C=O) groups is 2. The van der Waals surface area contributed by atoms with Crippen LogP contribution in [0.2, 0.25) is 0 Å². The number of hydrogen-bond acceptors (Lipinski definition) is 4. The van der Waals surface area contributed by atoms with Crippen LogP contribution in [0.15, 0.2) is 59.5 Å². The molecule has 0 aromatic heterocycles. The van der Waals surface area contributed by atoms with Crippen molar-refractivity contribution in [3.05, 3.63) is 65.7 Å². The van der Waals surface area contributed by atoms with Crippen molar-refractivity contribution >= 4 is 21.8 Å². The Hall–Kier alpha value is -2.71. The van der Waals surface area contributed by atoms with E-state index in [-0.39, 0.29) is 42.8 Å². The van der Waals surface area contributed by atoms with Gasteiger partial charge < -0.3 is 10.2 Å². The van der Waals surface area contributed by atoms with Crippen LogP contribution < -0.4 is 5.32 Å². The van der Waals surface area contributed by atoms with E-state index in [1.54, 1.807) is 41.3 Å². The molecule has 3 rings (SSSR count). The summed E-state index contributed by atoms with van der Waals surface area (Å²) < 4.78 is 27.4. The number of hydrogen-bond donors (Lipinski definition) is 1. The monoisotopic (exact) mass is 457 g/mol. The minimum absolute atomic E-state index is 0.0895. The molecule has 0 spiro atoms. The summed E-state index contributed by atoms with van der Waals surface area (Å²) >= 11 is 0. The van der Waals surface area contributed by atoms with Crippen LogP contribution >= 0.6 is 0 Å². The van der Waals surface area contributed by atoms with Crippen LogP contribution in [0, 0.1) is 0 Å². The number of carbonyl (C=O) groups excluding carboxylic acids is 2. The number of rotatable bonds is 8. The van der Waals surface area contributed by atoms with Gasteiger partial charge in [-0.15, -0.1) is 0 Å². The highest BCUT2D eigenvalue weighted by atomic mass is 32.2. The number of nitrogens with zero attached hydrogens (tertiary/aromatic N) is 2. The molecule has 1 aliphatic rings. The van der Waals surface area contributed by atoms with E-state index in [2.05, 4.69) is 19.2 Å². The molecule has 1 aliphatic heterocycles. The lowest BCUT2D eigenvalue weighted by Crippen LogP contribution is -2.50. The summed E-state index contributed by atoms with van der Waals surface area (Å²) in [5.41, 5.74) is 1.68. The lowest BCUT2D eigenvalue weighted by Gasteiger charge is -2.34. The van der Waals surface area contributed by atoms with Crippen molar-refractivity contribution in [2.45, 2.75) is 37.5 Å². The van der Waals surface area contributed by atoms with Gasteiger partial charge in [0.05, 0.1) is 4.90 Å². The van der Waals surface area contributed by atoms with E-state index < -0.39 is 10.0 Å². The second kappa shape index (κ2) is 10.7. The molecule has 1 heterocycles. The van der Waals surface area contributed by atoms with Gasteiger partial charge in [-0.25, -0.2) is 8.42 Å². The van der Waals surface area contributed by atoms with Crippen LogP contribution in [0.1, 0.15) is 48.5 Å². The molecular weight excluding hydrogens is 426 g/mol. The third-order valence-corrected chi connectivity index (χ3v) is 7.86. The van der Waals surface area contributed by atoms with E-state index in [1.165, 1.54) is 4.31 Å². The summed E-state index contributed by atoms with van der Waals surface area (Å²) in [7, 11) is -3.58. The standard InChI is InChI=1S/C24H31N3O4S/c1-3-19(2)20-9-11-22(12-10-20)32(30,31)27-17-15-26(16-18-27)23(28)13-14-25-24(29)21-7-5-4-6-8-21/h4-12,19H,3,13-18H2,1-2H3,(H,25,29). The summed E-state index contributed by atoms with van der Waals surface area (Å²) in [6.45, 7) is 5.67. The number of benzene rings is 2.